The number of benzene rings is 1. The van der Waals surface area contributed by atoms with E-state index in [-0.39, 0.29) is 18.3 Å². The van der Waals surface area contributed by atoms with Gasteiger partial charge in [0, 0.05) is 29.8 Å². The highest BCUT2D eigenvalue weighted by Crippen LogP contribution is 2.42. The SMILES string of the molecule is CC(=O)NCc1cc2c(s1)C(=C1CCN(C)CC1)c1ccccc1CC2.Cl. The second-order valence-electron chi connectivity index (χ2n) is 7.42. The van der Waals surface area contributed by atoms with Crippen molar-refractivity contribution in [2.45, 2.75) is 39.2 Å². The zero-order valence-corrected chi connectivity index (χ0v) is 17.6. The Morgan fingerprint density at radius 1 is 1.11 bits per heavy atom. The van der Waals surface area contributed by atoms with Gasteiger partial charge in [0.25, 0.3) is 0 Å². The summed E-state index contributed by atoms with van der Waals surface area (Å²) in [6, 6.07) is 11.2. The van der Waals surface area contributed by atoms with Crippen LogP contribution in [0.1, 0.15) is 46.2 Å². The molecule has 1 saturated heterocycles. The predicted molar refractivity (Wildman–Crippen MR) is 116 cm³/mol. The van der Waals surface area contributed by atoms with Gasteiger partial charge in [0.2, 0.25) is 5.91 Å². The molecule has 144 valence electrons. The number of nitrogens with zero attached hydrogens (tertiary/aromatic N) is 1. The molecule has 1 aromatic heterocycles. The third-order valence-electron chi connectivity index (χ3n) is 5.49. The standard InChI is InChI=1S/C22H26N2OS.ClH/c1-15(25)23-14-19-13-18-8-7-16-5-3-4-6-20(16)21(22(18)26-19)17-9-11-24(2)12-10-17;/h3-6,13H,7-12,14H2,1-2H3,(H,23,25);1H. The van der Waals surface area contributed by atoms with E-state index in [9.17, 15) is 4.79 Å². The van der Waals surface area contributed by atoms with Crippen molar-refractivity contribution in [1.82, 2.24) is 10.2 Å². The van der Waals surface area contributed by atoms with Gasteiger partial charge in [0.1, 0.15) is 0 Å². The Balaban J connectivity index is 0.00000210. The van der Waals surface area contributed by atoms with Crippen LogP contribution in [0.15, 0.2) is 35.9 Å². The summed E-state index contributed by atoms with van der Waals surface area (Å²) in [5.74, 6) is 0.0350. The van der Waals surface area contributed by atoms with E-state index < -0.39 is 0 Å². The first kappa shape index (κ1) is 20.1. The molecule has 0 saturated carbocycles. The number of fused-ring (bicyclic) bond motifs is 2. The number of likely N-dealkylation sites (tertiary alicyclic amines) is 1. The lowest BCUT2D eigenvalue weighted by atomic mass is 9.90. The molecule has 1 amide bonds. The van der Waals surface area contributed by atoms with E-state index >= 15 is 0 Å². The molecule has 1 N–H and O–H groups in total. The molecule has 3 nitrogen and oxygen atoms in total. The number of thiophene rings is 1. The average Bonchev–Trinajstić information content (AvgIpc) is 2.97. The second kappa shape index (κ2) is 8.59. The Labute approximate surface area is 171 Å². The number of aryl methyl sites for hydroxylation is 2. The molecule has 27 heavy (non-hydrogen) atoms. The number of halogens is 1. The van der Waals surface area contributed by atoms with Crippen LogP contribution in [0.4, 0.5) is 0 Å². The van der Waals surface area contributed by atoms with Gasteiger partial charge in [-0.25, -0.2) is 0 Å². The van der Waals surface area contributed by atoms with Gasteiger partial charge in [0.05, 0.1) is 6.54 Å². The topological polar surface area (TPSA) is 32.3 Å². The molecular weight excluding hydrogens is 376 g/mol. The fourth-order valence-corrected chi connectivity index (χ4v) is 5.30. The summed E-state index contributed by atoms with van der Waals surface area (Å²) in [5, 5.41) is 2.95. The van der Waals surface area contributed by atoms with Crippen LogP contribution in [-0.2, 0) is 24.2 Å². The summed E-state index contributed by atoms with van der Waals surface area (Å²) in [7, 11) is 2.21. The molecule has 1 fully saturated rings. The lowest BCUT2D eigenvalue weighted by molar-refractivity contribution is -0.119. The van der Waals surface area contributed by atoms with E-state index in [2.05, 4.69) is 47.6 Å². The molecule has 4 rings (SSSR count). The highest BCUT2D eigenvalue weighted by molar-refractivity contribution is 7.13. The van der Waals surface area contributed by atoms with E-state index in [0.717, 1.165) is 38.8 Å². The fraction of sp³-hybridized carbons (Fsp3) is 0.409. The maximum absolute atomic E-state index is 11.3. The zero-order chi connectivity index (χ0) is 18.1. The van der Waals surface area contributed by atoms with Crippen LogP contribution in [0.3, 0.4) is 0 Å². The maximum atomic E-state index is 11.3. The van der Waals surface area contributed by atoms with Crippen molar-refractivity contribution < 1.29 is 4.79 Å². The number of hydrogen-bond acceptors (Lipinski definition) is 3. The molecule has 1 aliphatic heterocycles. The quantitative estimate of drug-likeness (QED) is 0.805. The maximum Gasteiger partial charge on any atom is 0.217 e. The molecule has 0 spiro atoms. The molecule has 0 unspecified atom stereocenters. The molecule has 0 radical (unpaired) electrons. The molecule has 0 atom stereocenters. The molecule has 2 aromatic rings. The summed E-state index contributed by atoms with van der Waals surface area (Å²) in [5.41, 5.74) is 7.44. The number of hydrogen-bond donors (Lipinski definition) is 1. The highest BCUT2D eigenvalue weighted by atomic mass is 35.5. The van der Waals surface area contributed by atoms with Crippen LogP contribution < -0.4 is 5.32 Å². The molecule has 2 aliphatic rings. The van der Waals surface area contributed by atoms with Gasteiger partial charge in [-0.05, 0) is 61.1 Å². The van der Waals surface area contributed by atoms with Gasteiger partial charge in [0.15, 0.2) is 0 Å². The average molecular weight is 403 g/mol. The summed E-state index contributed by atoms with van der Waals surface area (Å²) >= 11 is 1.87. The van der Waals surface area contributed by atoms with Crippen LogP contribution in [0.5, 0.6) is 0 Å². The van der Waals surface area contributed by atoms with Crippen LogP contribution >= 0.6 is 23.7 Å². The van der Waals surface area contributed by atoms with Crippen LogP contribution in [0.2, 0.25) is 0 Å². The smallest absolute Gasteiger partial charge is 0.217 e. The van der Waals surface area contributed by atoms with E-state index in [1.807, 2.05) is 11.3 Å². The summed E-state index contributed by atoms with van der Waals surface area (Å²) < 4.78 is 0. The van der Waals surface area contributed by atoms with Crippen LogP contribution in [-0.4, -0.2) is 30.9 Å². The Morgan fingerprint density at radius 3 is 2.56 bits per heavy atom. The number of carbonyl (C=O) groups excluding carboxylic acids is 1. The van der Waals surface area contributed by atoms with Gasteiger partial charge in [-0.2, -0.15) is 0 Å². The van der Waals surface area contributed by atoms with Crippen molar-refractivity contribution in [2.24, 2.45) is 0 Å². The summed E-state index contributed by atoms with van der Waals surface area (Å²) in [6.45, 7) is 4.50. The van der Waals surface area contributed by atoms with E-state index in [4.69, 9.17) is 0 Å². The lowest BCUT2D eigenvalue weighted by Gasteiger charge is -2.27. The third-order valence-corrected chi connectivity index (χ3v) is 6.69. The zero-order valence-electron chi connectivity index (χ0n) is 16.0. The molecule has 0 bridgehead atoms. The first-order valence-corrected chi connectivity index (χ1v) is 10.3. The first-order chi connectivity index (χ1) is 12.6. The molecule has 5 heteroatoms. The third kappa shape index (κ3) is 4.29. The number of piperidine rings is 1. The van der Waals surface area contributed by atoms with Gasteiger partial charge < -0.3 is 10.2 Å². The second-order valence-corrected chi connectivity index (χ2v) is 8.55. The van der Waals surface area contributed by atoms with Crippen molar-refractivity contribution in [3.05, 3.63) is 62.3 Å². The van der Waals surface area contributed by atoms with Gasteiger partial charge in [-0.3, -0.25) is 4.79 Å². The highest BCUT2D eigenvalue weighted by Gasteiger charge is 2.25. The summed E-state index contributed by atoms with van der Waals surface area (Å²) in [4.78, 5) is 16.4. The Morgan fingerprint density at radius 2 is 1.81 bits per heavy atom. The van der Waals surface area contributed by atoms with Crippen molar-refractivity contribution >= 4 is 35.2 Å². The minimum atomic E-state index is 0. The van der Waals surface area contributed by atoms with E-state index in [1.165, 1.54) is 32.0 Å². The number of nitrogens with one attached hydrogen (secondary N) is 1. The Bertz CT molecular complexity index is 861. The Hall–Kier alpha value is -1.62. The molecule has 1 aliphatic carbocycles. The van der Waals surface area contributed by atoms with Crippen LogP contribution in [0.25, 0.3) is 5.57 Å². The molecule has 1 aromatic carbocycles. The van der Waals surface area contributed by atoms with Gasteiger partial charge >= 0.3 is 0 Å². The first-order valence-electron chi connectivity index (χ1n) is 9.47. The minimum Gasteiger partial charge on any atom is -0.351 e. The number of carbonyl (C=O) groups is 1. The normalized spacial score (nSPS) is 16.8. The van der Waals surface area contributed by atoms with Crippen molar-refractivity contribution in [3.8, 4) is 0 Å². The van der Waals surface area contributed by atoms with Crippen molar-refractivity contribution in [2.75, 3.05) is 20.1 Å². The fourth-order valence-electron chi connectivity index (χ4n) is 4.05. The predicted octanol–water partition coefficient (Wildman–Crippen LogP) is 4.43. The van der Waals surface area contributed by atoms with E-state index in [0.29, 0.717) is 6.54 Å². The number of amides is 1. The van der Waals surface area contributed by atoms with Gasteiger partial charge in [-0.1, -0.05) is 29.8 Å². The Kier molecular flexibility index (Phi) is 6.40. The van der Waals surface area contributed by atoms with Crippen LogP contribution in [0, 0.1) is 0 Å². The molecule has 2 heterocycles. The van der Waals surface area contributed by atoms with Crippen molar-refractivity contribution in [1.29, 1.82) is 0 Å². The monoisotopic (exact) mass is 402 g/mol. The van der Waals surface area contributed by atoms with Crippen molar-refractivity contribution in [3.63, 3.8) is 0 Å². The largest absolute Gasteiger partial charge is 0.351 e. The summed E-state index contributed by atoms with van der Waals surface area (Å²) in [6.07, 6.45) is 4.48. The number of rotatable bonds is 2. The molecular formula is C22H27ClN2OS. The van der Waals surface area contributed by atoms with E-state index in [1.54, 1.807) is 12.5 Å². The van der Waals surface area contributed by atoms with Gasteiger partial charge in [-0.15, -0.1) is 23.7 Å². The lowest BCUT2D eigenvalue weighted by Crippen LogP contribution is -2.26. The minimum absolute atomic E-state index is 0.